The minimum absolute atomic E-state index is 0.131. The van der Waals surface area contributed by atoms with E-state index in [1.165, 1.54) is 18.2 Å². The van der Waals surface area contributed by atoms with Crippen molar-refractivity contribution < 1.29 is 19.7 Å². The van der Waals surface area contributed by atoms with Gasteiger partial charge in [-0.1, -0.05) is 6.92 Å². The van der Waals surface area contributed by atoms with Crippen molar-refractivity contribution in [2.24, 2.45) is 0 Å². The number of ether oxygens (including phenoxy) is 2. The molecule has 0 saturated heterocycles. The molecule has 0 aromatic heterocycles. The summed E-state index contributed by atoms with van der Waals surface area (Å²) in [6, 6.07) is 5.76. The van der Waals surface area contributed by atoms with Gasteiger partial charge >= 0.3 is 0 Å². The summed E-state index contributed by atoms with van der Waals surface area (Å²) in [5.74, 6) is 1.21. The molecule has 2 aromatic carbocycles. The van der Waals surface area contributed by atoms with E-state index in [9.17, 15) is 10.2 Å². The van der Waals surface area contributed by atoms with E-state index in [2.05, 4.69) is 11.8 Å². The van der Waals surface area contributed by atoms with Crippen molar-refractivity contribution in [1.82, 2.24) is 4.90 Å². The standard InChI is InChI=1S/C20H23NO4/c1-4-21-6-5-11-9-17(25-3)20(23)19-13-10-16(24-2)15(22)8-12(13)7-14(21)18(11)19/h8-10,14,22-23H,4-7H2,1-3H3/t14-/m0/s1. The largest absolute Gasteiger partial charge is 0.504 e. The van der Waals surface area contributed by atoms with E-state index in [1.807, 2.05) is 12.1 Å². The van der Waals surface area contributed by atoms with Gasteiger partial charge in [-0.2, -0.15) is 0 Å². The van der Waals surface area contributed by atoms with Crippen LogP contribution in [0, 0.1) is 0 Å². The molecule has 0 bridgehead atoms. The molecule has 1 atom stereocenters. The molecule has 132 valence electrons. The van der Waals surface area contributed by atoms with Crippen LogP contribution in [0.5, 0.6) is 23.0 Å². The van der Waals surface area contributed by atoms with Crippen LogP contribution < -0.4 is 9.47 Å². The molecular weight excluding hydrogens is 318 g/mol. The highest BCUT2D eigenvalue weighted by atomic mass is 16.5. The van der Waals surface area contributed by atoms with Crippen molar-refractivity contribution >= 4 is 0 Å². The first-order chi connectivity index (χ1) is 12.1. The minimum atomic E-state index is 0.131. The quantitative estimate of drug-likeness (QED) is 0.897. The van der Waals surface area contributed by atoms with Gasteiger partial charge in [-0.05, 0) is 59.8 Å². The lowest BCUT2D eigenvalue weighted by Crippen LogP contribution is -2.38. The van der Waals surface area contributed by atoms with Crippen molar-refractivity contribution in [3.8, 4) is 34.1 Å². The van der Waals surface area contributed by atoms with Crippen LogP contribution in [0.4, 0.5) is 0 Å². The van der Waals surface area contributed by atoms with Crippen molar-refractivity contribution in [3.63, 3.8) is 0 Å². The van der Waals surface area contributed by atoms with Gasteiger partial charge in [-0.3, -0.25) is 4.90 Å². The van der Waals surface area contributed by atoms with E-state index in [0.29, 0.717) is 11.5 Å². The molecule has 2 aliphatic rings. The molecule has 0 saturated carbocycles. The molecule has 5 heteroatoms. The number of benzene rings is 2. The molecule has 1 heterocycles. The third-order valence-electron chi connectivity index (χ3n) is 5.55. The lowest BCUT2D eigenvalue weighted by atomic mass is 9.76. The highest BCUT2D eigenvalue weighted by Gasteiger charge is 2.37. The van der Waals surface area contributed by atoms with Crippen molar-refractivity contribution in [3.05, 3.63) is 34.9 Å². The summed E-state index contributed by atoms with van der Waals surface area (Å²) in [7, 11) is 3.11. The van der Waals surface area contributed by atoms with Gasteiger partial charge in [-0.25, -0.2) is 0 Å². The maximum atomic E-state index is 10.9. The van der Waals surface area contributed by atoms with Gasteiger partial charge in [0.05, 0.1) is 14.2 Å². The van der Waals surface area contributed by atoms with Gasteiger partial charge in [0, 0.05) is 18.2 Å². The average molecular weight is 341 g/mol. The summed E-state index contributed by atoms with van der Waals surface area (Å²) < 4.78 is 10.7. The first-order valence-corrected chi connectivity index (χ1v) is 8.66. The van der Waals surface area contributed by atoms with Crippen LogP contribution in [0.2, 0.25) is 0 Å². The van der Waals surface area contributed by atoms with Crippen LogP contribution in [0.15, 0.2) is 18.2 Å². The second-order valence-corrected chi connectivity index (χ2v) is 6.65. The monoisotopic (exact) mass is 341 g/mol. The van der Waals surface area contributed by atoms with Crippen LogP contribution >= 0.6 is 0 Å². The van der Waals surface area contributed by atoms with Gasteiger partial charge in [0.2, 0.25) is 0 Å². The van der Waals surface area contributed by atoms with Crippen molar-refractivity contribution in [2.75, 3.05) is 27.3 Å². The summed E-state index contributed by atoms with van der Waals surface area (Å²) in [5.41, 5.74) is 5.17. The Kier molecular flexibility index (Phi) is 3.76. The molecule has 4 rings (SSSR count). The molecule has 0 fully saturated rings. The van der Waals surface area contributed by atoms with Crippen LogP contribution in [0.1, 0.15) is 29.7 Å². The number of methoxy groups -OCH3 is 2. The molecule has 5 nitrogen and oxygen atoms in total. The second-order valence-electron chi connectivity index (χ2n) is 6.65. The predicted molar refractivity (Wildman–Crippen MR) is 95.7 cm³/mol. The summed E-state index contributed by atoms with van der Waals surface area (Å²) in [6.45, 7) is 4.10. The normalized spacial score (nSPS) is 18.4. The van der Waals surface area contributed by atoms with E-state index in [4.69, 9.17) is 9.47 Å². The molecule has 0 spiro atoms. The zero-order valence-corrected chi connectivity index (χ0v) is 14.8. The number of nitrogens with zero attached hydrogens (tertiary/aromatic N) is 1. The predicted octanol–water partition coefficient (Wildman–Crippen LogP) is 3.26. The smallest absolute Gasteiger partial charge is 0.166 e. The molecule has 0 unspecified atom stereocenters. The van der Waals surface area contributed by atoms with Crippen LogP contribution in [-0.4, -0.2) is 42.4 Å². The van der Waals surface area contributed by atoms with Gasteiger partial charge in [-0.15, -0.1) is 0 Å². The van der Waals surface area contributed by atoms with E-state index >= 15 is 0 Å². The van der Waals surface area contributed by atoms with Gasteiger partial charge in [0.1, 0.15) is 0 Å². The fraction of sp³-hybridized carbons (Fsp3) is 0.400. The summed E-state index contributed by atoms with van der Waals surface area (Å²) in [5, 5.41) is 21.1. The van der Waals surface area contributed by atoms with Gasteiger partial charge < -0.3 is 19.7 Å². The molecule has 2 N–H and O–H groups in total. The maximum absolute atomic E-state index is 10.9. The minimum Gasteiger partial charge on any atom is -0.504 e. The second kappa shape index (κ2) is 5.85. The van der Waals surface area contributed by atoms with Gasteiger partial charge in [0.15, 0.2) is 23.0 Å². The molecule has 2 aromatic rings. The van der Waals surface area contributed by atoms with Crippen LogP contribution in [0.3, 0.4) is 0 Å². The Bertz CT molecular complexity index is 846. The van der Waals surface area contributed by atoms with Gasteiger partial charge in [0.25, 0.3) is 0 Å². The molecular formula is C20H23NO4. The first kappa shape index (κ1) is 16.1. The van der Waals surface area contributed by atoms with Crippen molar-refractivity contribution in [1.29, 1.82) is 0 Å². The Hall–Kier alpha value is -2.40. The SMILES string of the molecule is CCN1CCc2cc(OC)c(O)c3c2[C@@H]1Cc1cc(O)c(OC)cc1-3. The number of hydrogen-bond donors (Lipinski definition) is 2. The van der Waals surface area contributed by atoms with E-state index in [0.717, 1.165) is 42.6 Å². The topological polar surface area (TPSA) is 62.2 Å². The highest BCUT2D eigenvalue weighted by Crippen LogP contribution is 2.53. The lowest BCUT2D eigenvalue weighted by Gasteiger charge is -2.41. The molecule has 0 amide bonds. The first-order valence-electron chi connectivity index (χ1n) is 8.66. The lowest BCUT2D eigenvalue weighted by molar-refractivity contribution is 0.192. The third kappa shape index (κ3) is 2.26. The Labute approximate surface area is 147 Å². The number of rotatable bonds is 3. The number of fused-ring (bicyclic) bond motifs is 2. The summed E-state index contributed by atoms with van der Waals surface area (Å²) in [4.78, 5) is 2.43. The molecule has 1 aliphatic heterocycles. The van der Waals surface area contributed by atoms with E-state index in [-0.39, 0.29) is 17.5 Å². The van der Waals surface area contributed by atoms with E-state index in [1.54, 1.807) is 13.2 Å². The number of likely N-dealkylation sites (N-methyl/N-ethyl adjacent to an activating group) is 1. The fourth-order valence-corrected chi connectivity index (χ4v) is 4.33. The molecule has 0 radical (unpaired) electrons. The zero-order valence-electron chi connectivity index (χ0n) is 14.8. The average Bonchev–Trinajstić information content (AvgIpc) is 2.62. The number of aromatic hydroxyl groups is 2. The highest BCUT2D eigenvalue weighted by molar-refractivity contribution is 5.84. The fourth-order valence-electron chi connectivity index (χ4n) is 4.33. The Morgan fingerprint density at radius 1 is 1.08 bits per heavy atom. The maximum Gasteiger partial charge on any atom is 0.166 e. The van der Waals surface area contributed by atoms with Crippen molar-refractivity contribution in [2.45, 2.75) is 25.8 Å². The molecule has 1 aliphatic carbocycles. The third-order valence-corrected chi connectivity index (χ3v) is 5.55. The Balaban J connectivity index is 2.04. The van der Waals surface area contributed by atoms with Crippen LogP contribution in [-0.2, 0) is 12.8 Å². The van der Waals surface area contributed by atoms with Crippen LogP contribution in [0.25, 0.3) is 11.1 Å². The summed E-state index contributed by atoms with van der Waals surface area (Å²) in [6.07, 6.45) is 1.75. The number of hydrogen-bond acceptors (Lipinski definition) is 5. The number of phenols is 2. The Morgan fingerprint density at radius 3 is 2.52 bits per heavy atom. The molecule has 25 heavy (non-hydrogen) atoms. The number of phenolic OH excluding ortho intramolecular Hbond substituents is 2. The zero-order chi connectivity index (χ0) is 17.7. The summed E-state index contributed by atoms with van der Waals surface area (Å²) >= 11 is 0. The Morgan fingerprint density at radius 2 is 1.84 bits per heavy atom. The van der Waals surface area contributed by atoms with E-state index < -0.39 is 0 Å².